The highest BCUT2D eigenvalue weighted by atomic mass is 79.9. The molecule has 0 saturated heterocycles. The molecule has 0 heterocycles. The number of terminal acetylenes is 1. The fourth-order valence-corrected chi connectivity index (χ4v) is 1.35. The molecule has 0 aliphatic rings. The SMILES string of the molecule is C#CCN[C@@H](C)c1ccc(Br)cc1.Cl. The molecular formula is C11H13BrClN. The molecular weight excluding hydrogens is 261 g/mol. The van der Waals surface area contributed by atoms with Crippen LogP contribution in [0.2, 0.25) is 0 Å². The Balaban J connectivity index is 0.00000169. The lowest BCUT2D eigenvalue weighted by molar-refractivity contribution is 0.623. The van der Waals surface area contributed by atoms with E-state index in [-0.39, 0.29) is 12.4 Å². The van der Waals surface area contributed by atoms with E-state index >= 15 is 0 Å². The molecule has 76 valence electrons. The minimum atomic E-state index is 0. The topological polar surface area (TPSA) is 12.0 Å². The Hall–Kier alpha value is -0.490. The van der Waals surface area contributed by atoms with E-state index in [2.05, 4.69) is 46.2 Å². The van der Waals surface area contributed by atoms with Gasteiger partial charge in [-0.3, -0.25) is 5.32 Å². The van der Waals surface area contributed by atoms with Gasteiger partial charge in [0.2, 0.25) is 0 Å². The zero-order valence-electron chi connectivity index (χ0n) is 7.96. The first-order valence-corrected chi connectivity index (χ1v) is 4.95. The van der Waals surface area contributed by atoms with Gasteiger partial charge in [0.15, 0.2) is 0 Å². The van der Waals surface area contributed by atoms with Crippen LogP contribution in [0.1, 0.15) is 18.5 Å². The summed E-state index contributed by atoms with van der Waals surface area (Å²) < 4.78 is 1.10. The van der Waals surface area contributed by atoms with Crippen molar-refractivity contribution in [2.45, 2.75) is 13.0 Å². The largest absolute Gasteiger partial charge is 0.300 e. The van der Waals surface area contributed by atoms with Crippen LogP contribution in [0.4, 0.5) is 0 Å². The third-order valence-corrected chi connectivity index (χ3v) is 2.41. The predicted molar refractivity (Wildman–Crippen MR) is 66.6 cm³/mol. The Bertz CT molecular complexity index is 302. The van der Waals surface area contributed by atoms with E-state index in [1.807, 2.05) is 12.1 Å². The molecule has 0 radical (unpaired) electrons. The van der Waals surface area contributed by atoms with Crippen LogP contribution in [-0.4, -0.2) is 6.54 Å². The van der Waals surface area contributed by atoms with Crippen molar-refractivity contribution in [3.05, 3.63) is 34.3 Å². The summed E-state index contributed by atoms with van der Waals surface area (Å²) >= 11 is 3.39. The molecule has 1 N–H and O–H groups in total. The van der Waals surface area contributed by atoms with E-state index in [9.17, 15) is 0 Å². The molecule has 14 heavy (non-hydrogen) atoms. The maximum Gasteiger partial charge on any atom is 0.0578 e. The number of hydrogen-bond donors (Lipinski definition) is 1. The first-order valence-electron chi connectivity index (χ1n) is 4.16. The summed E-state index contributed by atoms with van der Waals surface area (Å²) in [5.74, 6) is 2.56. The molecule has 0 unspecified atom stereocenters. The van der Waals surface area contributed by atoms with Gasteiger partial charge >= 0.3 is 0 Å². The number of benzene rings is 1. The highest BCUT2D eigenvalue weighted by Gasteiger charge is 2.02. The molecule has 1 aromatic carbocycles. The smallest absolute Gasteiger partial charge is 0.0578 e. The van der Waals surface area contributed by atoms with Crippen molar-refractivity contribution in [2.75, 3.05) is 6.54 Å². The average molecular weight is 275 g/mol. The van der Waals surface area contributed by atoms with Crippen molar-refractivity contribution in [3.63, 3.8) is 0 Å². The summed E-state index contributed by atoms with van der Waals surface area (Å²) in [6.07, 6.45) is 5.16. The van der Waals surface area contributed by atoms with Crippen molar-refractivity contribution < 1.29 is 0 Å². The fraction of sp³-hybridized carbons (Fsp3) is 0.273. The standard InChI is InChI=1S/C11H12BrN.ClH/c1-3-8-13-9(2)10-4-6-11(12)7-5-10;/h1,4-7,9,13H,8H2,2H3;1H/t9-;/m0./s1. The van der Waals surface area contributed by atoms with E-state index in [0.717, 1.165) is 4.47 Å². The summed E-state index contributed by atoms with van der Waals surface area (Å²) in [6.45, 7) is 2.71. The van der Waals surface area contributed by atoms with Gasteiger partial charge in [0.1, 0.15) is 0 Å². The quantitative estimate of drug-likeness (QED) is 0.835. The van der Waals surface area contributed by atoms with Crippen LogP contribution >= 0.6 is 28.3 Å². The van der Waals surface area contributed by atoms with Gasteiger partial charge in [0.25, 0.3) is 0 Å². The predicted octanol–water partition coefficient (Wildman–Crippen LogP) is 3.15. The second-order valence-electron chi connectivity index (χ2n) is 2.86. The molecule has 0 aliphatic heterocycles. The zero-order chi connectivity index (χ0) is 9.68. The Kier molecular flexibility index (Phi) is 6.65. The maximum absolute atomic E-state index is 5.16. The molecule has 1 nitrogen and oxygen atoms in total. The monoisotopic (exact) mass is 273 g/mol. The van der Waals surface area contributed by atoms with Crippen molar-refractivity contribution in [3.8, 4) is 12.3 Å². The lowest BCUT2D eigenvalue weighted by atomic mass is 10.1. The summed E-state index contributed by atoms with van der Waals surface area (Å²) in [7, 11) is 0. The van der Waals surface area contributed by atoms with Crippen LogP contribution < -0.4 is 5.32 Å². The van der Waals surface area contributed by atoms with Crippen molar-refractivity contribution >= 4 is 28.3 Å². The zero-order valence-corrected chi connectivity index (χ0v) is 10.4. The lowest BCUT2D eigenvalue weighted by Gasteiger charge is -2.11. The van der Waals surface area contributed by atoms with Gasteiger partial charge in [-0.05, 0) is 24.6 Å². The van der Waals surface area contributed by atoms with Crippen LogP contribution in [0.3, 0.4) is 0 Å². The van der Waals surface area contributed by atoms with Gasteiger partial charge in [0, 0.05) is 10.5 Å². The summed E-state index contributed by atoms with van der Waals surface area (Å²) in [5.41, 5.74) is 1.25. The molecule has 3 heteroatoms. The Morgan fingerprint density at radius 2 is 2.00 bits per heavy atom. The number of rotatable bonds is 3. The first kappa shape index (κ1) is 13.5. The second kappa shape index (κ2) is 6.89. The van der Waals surface area contributed by atoms with E-state index < -0.39 is 0 Å². The Morgan fingerprint density at radius 1 is 1.43 bits per heavy atom. The maximum atomic E-state index is 5.16. The molecule has 1 rings (SSSR count). The van der Waals surface area contributed by atoms with Gasteiger partial charge in [0.05, 0.1) is 6.54 Å². The third-order valence-electron chi connectivity index (χ3n) is 1.88. The van der Waals surface area contributed by atoms with E-state index in [4.69, 9.17) is 6.42 Å². The summed E-state index contributed by atoms with van der Waals surface area (Å²) in [6, 6.07) is 8.53. The lowest BCUT2D eigenvalue weighted by Crippen LogP contribution is -2.18. The molecule has 0 bridgehead atoms. The molecule has 0 fully saturated rings. The number of halogens is 2. The summed E-state index contributed by atoms with van der Waals surface area (Å²) in [4.78, 5) is 0. The third kappa shape index (κ3) is 4.15. The highest BCUT2D eigenvalue weighted by molar-refractivity contribution is 9.10. The van der Waals surface area contributed by atoms with E-state index in [0.29, 0.717) is 12.6 Å². The molecule has 0 saturated carbocycles. The Labute approximate surface area is 99.8 Å². The normalized spacial score (nSPS) is 11.2. The molecule has 0 aromatic heterocycles. The molecule has 0 amide bonds. The summed E-state index contributed by atoms with van der Waals surface area (Å²) in [5, 5.41) is 3.22. The minimum absolute atomic E-state index is 0. The van der Waals surface area contributed by atoms with Crippen LogP contribution in [0.15, 0.2) is 28.7 Å². The van der Waals surface area contributed by atoms with Crippen LogP contribution in [0.5, 0.6) is 0 Å². The molecule has 1 aromatic rings. The fourth-order valence-electron chi connectivity index (χ4n) is 1.08. The number of hydrogen-bond acceptors (Lipinski definition) is 1. The average Bonchev–Trinajstić information content (AvgIpc) is 2.15. The Morgan fingerprint density at radius 3 is 2.50 bits per heavy atom. The van der Waals surface area contributed by atoms with E-state index in [1.54, 1.807) is 0 Å². The first-order chi connectivity index (χ1) is 6.24. The molecule has 0 spiro atoms. The second-order valence-corrected chi connectivity index (χ2v) is 3.77. The van der Waals surface area contributed by atoms with Gasteiger partial charge in [-0.1, -0.05) is 34.0 Å². The van der Waals surface area contributed by atoms with Crippen LogP contribution in [0, 0.1) is 12.3 Å². The molecule has 1 atom stereocenters. The molecule has 0 aliphatic carbocycles. The van der Waals surface area contributed by atoms with Crippen LogP contribution in [-0.2, 0) is 0 Å². The van der Waals surface area contributed by atoms with Gasteiger partial charge in [-0.25, -0.2) is 0 Å². The van der Waals surface area contributed by atoms with Gasteiger partial charge < -0.3 is 0 Å². The highest BCUT2D eigenvalue weighted by Crippen LogP contribution is 2.15. The van der Waals surface area contributed by atoms with Gasteiger partial charge in [-0.2, -0.15) is 0 Å². The van der Waals surface area contributed by atoms with E-state index in [1.165, 1.54) is 5.56 Å². The van der Waals surface area contributed by atoms with Crippen molar-refractivity contribution in [2.24, 2.45) is 0 Å². The van der Waals surface area contributed by atoms with Crippen molar-refractivity contribution in [1.82, 2.24) is 5.32 Å². The van der Waals surface area contributed by atoms with Gasteiger partial charge in [-0.15, -0.1) is 18.8 Å². The minimum Gasteiger partial charge on any atom is -0.300 e. The van der Waals surface area contributed by atoms with Crippen molar-refractivity contribution in [1.29, 1.82) is 0 Å². The number of nitrogens with one attached hydrogen (secondary N) is 1. The van der Waals surface area contributed by atoms with Crippen LogP contribution in [0.25, 0.3) is 0 Å².